The van der Waals surface area contributed by atoms with Crippen LogP contribution in [-0.2, 0) is 24.3 Å². The van der Waals surface area contributed by atoms with Crippen molar-refractivity contribution in [1.82, 2.24) is 4.31 Å². The summed E-state index contributed by atoms with van der Waals surface area (Å²) in [6.45, 7) is 5.67. The number of Topliss-reactive ketones (excluding diaryl/α,β-unsaturated/α-hetero) is 1. The lowest BCUT2D eigenvalue weighted by Gasteiger charge is -2.34. The lowest BCUT2D eigenvalue weighted by atomic mass is 10.1. The highest BCUT2D eigenvalue weighted by molar-refractivity contribution is 7.89. The topological polar surface area (TPSA) is 134 Å². The van der Waals surface area contributed by atoms with Gasteiger partial charge in [-0.25, -0.2) is 13.2 Å². The second-order valence-electron chi connectivity index (χ2n) is 7.30. The number of allylic oxidation sites excluding steroid dienone is 1. The number of aliphatic hydroxyl groups is 1. The van der Waals surface area contributed by atoms with Crippen LogP contribution in [0.1, 0.15) is 38.1 Å². The fourth-order valence-electron chi connectivity index (χ4n) is 3.27. The van der Waals surface area contributed by atoms with Gasteiger partial charge in [0.2, 0.25) is 10.0 Å². The van der Waals surface area contributed by atoms with Gasteiger partial charge in [0, 0.05) is 18.8 Å². The lowest BCUT2D eigenvalue weighted by molar-refractivity contribution is -0.113. The predicted molar refractivity (Wildman–Crippen MR) is 114 cm³/mol. The van der Waals surface area contributed by atoms with Crippen LogP contribution in [0.4, 0.5) is 0 Å². The second kappa shape index (κ2) is 9.90. The summed E-state index contributed by atoms with van der Waals surface area (Å²) in [6.07, 6.45) is -0.596. The number of hydrogen-bond donors (Lipinski definition) is 2. The number of carbonyl (C=O) groups excluding carboxylic acids is 2. The van der Waals surface area contributed by atoms with Gasteiger partial charge in [-0.05, 0) is 45.9 Å². The molecular weight excluding hydrogens is 448 g/mol. The lowest BCUT2D eigenvalue weighted by Crippen LogP contribution is -2.48. The summed E-state index contributed by atoms with van der Waals surface area (Å²) in [5, 5.41) is 17.5. The average molecular weight is 473 g/mol. The first-order valence-corrected chi connectivity index (χ1v) is 11.3. The summed E-state index contributed by atoms with van der Waals surface area (Å²) < 4.78 is 38.0. The van der Waals surface area contributed by atoms with Crippen molar-refractivity contribution >= 4 is 39.1 Å². The molecule has 0 bridgehead atoms. The van der Waals surface area contributed by atoms with E-state index in [4.69, 9.17) is 26.5 Å². The van der Waals surface area contributed by atoms with E-state index in [1.165, 1.54) is 30.3 Å². The first kappa shape index (κ1) is 25.0. The summed E-state index contributed by atoms with van der Waals surface area (Å²) in [7, 11) is -4.00. The van der Waals surface area contributed by atoms with Gasteiger partial charge in [-0.1, -0.05) is 11.6 Å². The molecule has 2 N–H and O–H groups in total. The molecule has 31 heavy (non-hydrogen) atoms. The van der Waals surface area contributed by atoms with Crippen molar-refractivity contribution in [3.63, 3.8) is 0 Å². The maximum Gasteiger partial charge on any atom is 0.338 e. The van der Waals surface area contributed by atoms with Gasteiger partial charge in [0.05, 0.1) is 28.4 Å². The summed E-state index contributed by atoms with van der Waals surface area (Å²) in [5.41, 5.74) is -0.515. The number of sulfonamides is 1. The smallest absolute Gasteiger partial charge is 0.338 e. The van der Waals surface area contributed by atoms with Crippen molar-refractivity contribution in [3.8, 4) is 0 Å². The zero-order chi connectivity index (χ0) is 23.5. The molecule has 2 unspecified atom stereocenters. The van der Waals surface area contributed by atoms with Crippen LogP contribution in [0.5, 0.6) is 0 Å². The molecular formula is C20H25ClN2O7S. The van der Waals surface area contributed by atoms with E-state index < -0.39 is 34.1 Å². The highest BCUT2D eigenvalue weighted by atomic mass is 35.5. The number of carbonyl (C=O) groups is 2. The number of nitrogens with zero attached hydrogens (tertiary/aromatic N) is 1. The number of rotatable bonds is 7. The second-order valence-corrected chi connectivity index (χ2v) is 9.62. The zero-order valence-electron chi connectivity index (χ0n) is 17.6. The van der Waals surface area contributed by atoms with Gasteiger partial charge in [-0.15, -0.1) is 0 Å². The minimum atomic E-state index is -4.00. The molecule has 2 atom stereocenters. The molecule has 1 aromatic carbocycles. The number of nitrogens with one attached hydrogen (secondary N) is 1. The summed E-state index contributed by atoms with van der Waals surface area (Å²) in [4.78, 5) is 23.7. The number of benzene rings is 1. The van der Waals surface area contributed by atoms with E-state index in [9.17, 15) is 23.1 Å². The molecule has 0 aromatic heterocycles. The molecule has 9 nitrogen and oxygen atoms in total. The van der Waals surface area contributed by atoms with Gasteiger partial charge < -0.3 is 20.0 Å². The Hall–Kier alpha value is -2.27. The molecule has 170 valence electrons. The minimum absolute atomic E-state index is 0.0515. The Morgan fingerprint density at radius 2 is 1.84 bits per heavy atom. The Morgan fingerprint density at radius 1 is 1.26 bits per heavy atom. The van der Waals surface area contributed by atoms with Crippen molar-refractivity contribution in [2.45, 2.75) is 44.8 Å². The Kier molecular flexibility index (Phi) is 7.98. The molecule has 0 spiro atoms. The summed E-state index contributed by atoms with van der Waals surface area (Å²) in [6, 6.07) is 3.68. The van der Waals surface area contributed by atoms with Crippen LogP contribution in [-0.4, -0.2) is 67.2 Å². The van der Waals surface area contributed by atoms with Crippen molar-refractivity contribution in [2.24, 2.45) is 0 Å². The maximum atomic E-state index is 13.1. The monoisotopic (exact) mass is 472 g/mol. The van der Waals surface area contributed by atoms with Crippen LogP contribution in [0.3, 0.4) is 0 Å². The molecule has 0 saturated carbocycles. The van der Waals surface area contributed by atoms with Crippen LogP contribution in [0.25, 0.3) is 0 Å². The Morgan fingerprint density at radius 3 is 2.35 bits per heavy atom. The normalized spacial score (nSPS) is 20.7. The Labute approximate surface area is 186 Å². The van der Waals surface area contributed by atoms with Crippen LogP contribution < -0.4 is 0 Å². The number of halogens is 1. The van der Waals surface area contributed by atoms with E-state index in [0.717, 1.165) is 6.07 Å². The highest BCUT2D eigenvalue weighted by Gasteiger charge is 2.34. The van der Waals surface area contributed by atoms with Gasteiger partial charge in [-0.3, -0.25) is 4.79 Å². The highest BCUT2D eigenvalue weighted by Crippen LogP contribution is 2.28. The zero-order valence-corrected chi connectivity index (χ0v) is 19.2. The molecule has 1 aliphatic rings. The van der Waals surface area contributed by atoms with Crippen LogP contribution in [0.2, 0.25) is 5.02 Å². The number of aliphatic hydroxyl groups excluding tert-OH is 1. The molecule has 0 aliphatic carbocycles. The maximum absolute atomic E-state index is 13.1. The third-order valence-corrected chi connectivity index (χ3v) is 6.84. The first-order valence-electron chi connectivity index (χ1n) is 9.45. The van der Waals surface area contributed by atoms with Gasteiger partial charge in [0.15, 0.2) is 5.78 Å². The van der Waals surface area contributed by atoms with Crippen LogP contribution in [0, 0.1) is 5.41 Å². The largest absolute Gasteiger partial charge is 0.508 e. The minimum Gasteiger partial charge on any atom is -0.508 e. The van der Waals surface area contributed by atoms with Crippen LogP contribution >= 0.6 is 11.6 Å². The van der Waals surface area contributed by atoms with E-state index in [1.54, 1.807) is 13.8 Å². The first-order chi connectivity index (χ1) is 14.3. The van der Waals surface area contributed by atoms with Crippen molar-refractivity contribution < 1.29 is 32.6 Å². The van der Waals surface area contributed by atoms with E-state index in [-0.39, 0.29) is 52.1 Å². The van der Waals surface area contributed by atoms with Crippen molar-refractivity contribution in [1.29, 1.82) is 5.41 Å². The molecule has 2 rings (SSSR count). The van der Waals surface area contributed by atoms with E-state index in [0.29, 0.717) is 0 Å². The molecule has 0 radical (unpaired) electrons. The Bertz CT molecular complexity index is 1010. The standard InChI is InChI=1S/C20H25ClN2O7S/c1-11-8-23(9-12(2)30-11)31(27,28)18-7-15(5-6-16(18)21)20(26)29-10-17(25)19(13(3)22)14(4)24/h5-7,11-12,22,25H,8-10H2,1-4H3/b19-17-,22-13?. The molecule has 1 heterocycles. The Balaban J connectivity index is 2.28. The SMILES string of the molecule is CC(=N)/C(C(C)=O)=C(/O)COC(=O)c1ccc(Cl)c(S(=O)(=O)N2CC(C)OC(C)C2)c1. The molecule has 0 amide bonds. The van der Waals surface area contributed by atoms with Crippen LogP contribution in [0.15, 0.2) is 34.4 Å². The van der Waals surface area contributed by atoms with Gasteiger partial charge >= 0.3 is 5.97 Å². The number of morpholine rings is 1. The third kappa shape index (κ3) is 5.91. The van der Waals surface area contributed by atoms with Gasteiger partial charge in [-0.2, -0.15) is 4.31 Å². The molecule has 1 aromatic rings. The average Bonchev–Trinajstić information content (AvgIpc) is 2.65. The number of ether oxygens (including phenoxy) is 2. The van der Waals surface area contributed by atoms with Gasteiger partial charge in [0.25, 0.3) is 0 Å². The van der Waals surface area contributed by atoms with E-state index in [2.05, 4.69) is 0 Å². The van der Waals surface area contributed by atoms with Crippen molar-refractivity contribution in [2.75, 3.05) is 19.7 Å². The molecule has 11 heteroatoms. The molecule has 1 saturated heterocycles. The number of ketones is 1. The summed E-state index contributed by atoms with van der Waals surface area (Å²) in [5.74, 6) is -2.03. The fourth-order valence-corrected chi connectivity index (χ4v) is 5.36. The quantitative estimate of drug-likeness (QED) is 0.269. The number of esters is 1. The fraction of sp³-hybridized carbons (Fsp3) is 0.450. The van der Waals surface area contributed by atoms with E-state index >= 15 is 0 Å². The predicted octanol–water partition coefficient (Wildman–Crippen LogP) is 2.74. The number of hydrogen-bond acceptors (Lipinski definition) is 8. The van der Waals surface area contributed by atoms with Crippen molar-refractivity contribution in [3.05, 3.63) is 40.1 Å². The molecule has 1 fully saturated rings. The third-order valence-electron chi connectivity index (χ3n) is 4.53. The van der Waals surface area contributed by atoms with Gasteiger partial charge in [0.1, 0.15) is 17.3 Å². The molecule has 1 aliphatic heterocycles. The van der Waals surface area contributed by atoms with E-state index in [1.807, 2.05) is 0 Å². The summed E-state index contributed by atoms with van der Waals surface area (Å²) >= 11 is 6.12.